The Morgan fingerprint density at radius 3 is 2.17 bits per heavy atom. The normalized spacial score (nSPS) is 16.7. The van der Waals surface area contributed by atoms with Gasteiger partial charge in [-0.05, 0) is 42.0 Å². The number of hydrogen-bond donors (Lipinski definition) is 3. The maximum Gasteiger partial charge on any atom is 0.408 e. The van der Waals surface area contributed by atoms with E-state index in [0.29, 0.717) is 12.8 Å². The maximum atomic E-state index is 12.5. The average Bonchev–Trinajstić information content (AvgIpc) is 3.42. The molecule has 30 heavy (non-hydrogen) atoms. The summed E-state index contributed by atoms with van der Waals surface area (Å²) in [5.41, 5.74) is 3.52. The van der Waals surface area contributed by atoms with Crippen molar-refractivity contribution in [3.8, 4) is 11.1 Å². The van der Waals surface area contributed by atoms with Crippen molar-refractivity contribution in [2.45, 2.75) is 43.7 Å². The highest BCUT2D eigenvalue weighted by molar-refractivity contribution is 5.93. The summed E-state index contributed by atoms with van der Waals surface area (Å²) < 4.78 is 5.51. The molecule has 0 heterocycles. The molecule has 0 aromatic heterocycles. The minimum absolute atomic E-state index is 0.0530. The van der Waals surface area contributed by atoms with Crippen molar-refractivity contribution in [3.05, 3.63) is 59.7 Å². The number of carboxylic acids is 1. The summed E-state index contributed by atoms with van der Waals surface area (Å²) in [5.74, 6) is -1.41. The van der Waals surface area contributed by atoms with E-state index in [2.05, 4.69) is 22.8 Å². The van der Waals surface area contributed by atoms with Crippen LogP contribution in [-0.4, -0.2) is 41.3 Å². The van der Waals surface area contributed by atoms with Gasteiger partial charge in [0.1, 0.15) is 12.1 Å². The molecule has 4 rings (SSSR count). The molecule has 0 spiro atoms. The quantitative estimate of drug-likeness (QED) is 0.653. The Labute approximate surface area is 174 Å². The molecule has 2 aliphatic carbocycles. The molecule has 1 saturated carbocycles. The molecule has 1 atom stereocenters. The highest BCUT2D eigenvalue weighted by Crippen LogP contribution is 2.44. The summed E-state index contributed by atoms with van der Waals surface area (Å²) in [6.07, 6.45) is 0.189. The molecule has 0 bridgehead atoms. The Morgan fingerprint density at radius 2 is 1.63 bits per heavy atom. The molecule has 0 aliphatic heterocycles. The third-order valence-electron chi connectivity index (χ3n) is 5.73. The number of hydrogen-bond acceptors (Lipinski definition) is 4. The summed E-state index contributed by atoms with van der Waals surface area (Å²) in [4.78, 5) is 35.7. The number of carbonyl (C=O) groups excluding carboxylic acids is 2. The Kier molecular flexibility index (Phi) is 5.20. The Balaban J connectivity index is 1.38. The first kappa shape index (κ1) is 19.9. The first-order chi connectivity index (χ1) is 14.4. The number of fused-ring (bicyclic) bond motifs is 3. The van der Waals surface area contributed by atoms with Gasteiger partial charge in [-0.2, -0.15) is 0 Å². The lowest BCUT2D eigenvalue weighted by Gasteiger charge is -2.21. The van der Waals surface area contributed by atoms with E-state index in [1.54, 1.807) is 6.92 Å². The standard InChI is InChI=1S/C23H24N2O5/c1-14(12-20(26)27)24-21(28)23(10-11-23)25-22(29)30-13-19-17-8-4-2-6-15(17)16-7-3-5-9-18(16)19/h2-9,14,19H,10-13H2,1H3,(H,24,28)(H,25,29)(H,26,27)/t14-/m0/s1. The summed E-state index contributed by atoms with van der Waals surface area (Å²) in [7, 11) is 0. The Bertz CT molecular complexity index is 953. The summed E-state index contributed by atoms with van der Waals surface area (Å²) in [6.45, 7) is 1.79. The van der Waals surface area contributed by atoms with Gasteiger partial charge in [0.2, 0.25) is 5.91 Å². The van der Waals surface area contributed by atoms with Gasteiger partial charge in [-0.3, -0.25) is 9.59 Å². The van der Waals surface area contributed by atoms with Crippen molar-refractivity contribution in [1.82, 2.24) is 10.6 Å². The van der Waals surface area contributed by atoms with Crippen LogP contribution < -0.4 is 10.6 Å². The van der Waals surface area contributed by atoms with Gasteiger partial charge in [-0.1, -0.05) is 48.5 Å². The van der Waals surface area contributed by atoms with Crippen LogP contribution in [0.25, 0.3) is 11.1 Å². The van der Waals surface area contributed by atoms with Crippen LogP contribution in [0.1, 0.15) is 43.2 Å². The number of carboxylic acid groups (broad SMARTS) is 1. The molecule has 2 amide bonds. The number of carbonyl (C=O) groups is 3. The molecule has 156 valence electrons. The van der Waals surface area contributed by atoms with Gasteiger partial charge in [0.05, 0.1) is 6.42 Å². The molecule has 7 nitrogen and oxygen atoms in total. The molecular formula is C23H24N2O5. The molecule has 2 aromatic carbocycles. The number of nitrogens with one attached hydrogen (secondary N) is 2. The van der Waals surface area contributed by atoms with E-state index in [9.17, 15) is 14.4 Å². The zero-order valence-corrected chi connectivity index (χ0v) is 16.7. The minimum Gasteiger partial charge on any atom is -0.481 e. The molecule has 2 aromatic rings. The second kappa shape index (κ2) is 7.82. The molecule has 3 N–H and O–H groups in total. The number of amides is 2. The molecular weight excluding hydrogens is 384 g/mol. The van der Waals surface area contributed by atoms with Gasteiger partial charge in [0.25, 0.3) is 0 Å². The molecule has 2 aliphatic rings. The summed E-state index contributed by atoms with van der Waals surface area (Å²) in [5, 5.41) is 14.2. The van der Waals surface area contributed by atoms with Crippen molar-refractivity contribution >= 4 is 18.0 Å². The SMILES string of the molecule is C[C@@H](CC(=O)O)NC(=O)C1(NC(=O)OCC2c3ccccc3-c3ccccc32)CC1. The number of aliphatic carboxylic acids is 1. The van der Waals surface area contributed by atoms with Crippen LogP contribution in [0.3, 0.4) is 0 Å². The van der Waals surface area contributed by atoms with E-state index in [4.69, 9.17) is 9.84 Å². The second-order valence-electron chi connectivity index (χ2n) is 8.01. The maximum absolute atomic E-state index is 12.5. The average molecular weight is 408 g/mol. The first-order valence-corrected chi connectivity index (χ1v) is 10.1. The van der Waals surface area contributed by atoms with E-state index in [1.165, 1.54) is 0 Å². The van der Waals surface area contributed by atoms with Gasteiger partial charge in [-0.15, -0.1) is 0 Å². The molecule has 0 saturated heterocycles. The largest absolute Gasteiger partial charge is 0.481 e. The van der Waals surface area contributed by atoms with Crippen LogP contribution in [0, 0.1) is 0 Å². The molecule has 7 heteroatoms. The summed E-state index contributed by atoms with van der Waals surface area (Å²) >= 11 is 0. The lowest BCUT2D eigenvalue weighted by molar-refractivity contribution is -0.137. The van der Waals surface area contributed by atoms with Gasteiger partial charge in [-0.25, -0.2) is 4.79 Å². The van der Waals surface area contributed by atoms with Gasteiger partial charge in [0.15, 0.2) is 0 Å². The van der Waals surface area contributed by atoms with Crippen LogP contribution >= 0.6 is 0 Å². The summed E-state index contributed by atoms with van der Waals surface area (Å²) in [6, 6.07) is 15.6. The predicted molar refractivity (Wildman–Crippen MR) is 110 cm³/mol. The highest BCUT2D eigenvalue weighted by Gasteiger charge is 2.52. The van der Waals surface area contributed by atoms with Gasteiger partial charge >= 0.3 is 12.1 Å². The fourth-order valence-corrected chi connectivity index (χ4v) is 4.04. The van der Waals surface area contributed by atoms with E-state index in [-0.39, 0.29) is 24.9 Å². The zero-order chi connectivity index (χ0) is 21.3. The minimum atomic E-state index is -1.00. The van der Waals surface area contributed by atoms with E-state index < -0.39 is 23.6 Å². The molecule has 1 fully saturated rings. The molecule has 0 radical (unpaired) electrons. The predicted octanol–water partition coefficient (Wildman–Crippen LogP) is 3.04. The first-order valence-electron chi connectivity index (χ1n) is 10.1. The lowest BCUT2D eigenvalue weighted by Crippen LogP contribution is -2.51. The van der Waals surface area contributed by atoms with Crippen molar-refractivity contribution < 1.29 is 24.2 Å². The third kappa shape index (κ3) is 3.87. The van der Waals surface area contributed by atoms with Crippen molar-refractivity contribution in [2.75, 3.05) is 6.61 Å². The molecule has 0 unspecified atom stereocenters. The van der Waals surface area contributed by atoms with Crippen LogP contribution in [0.4, 0.5) is 4.79 Å². The highest BCUT2D eigenvalue weighted by atomic mass is 16.5. The van der Waals surface area contributed by atoms with Crippen LogP contribution in [-0.2, 0) is 14.3 Å². The lowest BCUT2D eigenvalue weighted by atomic mass is 9.98. The van der Waals surface area contributed by atoms with E-state index in [0.717, 1.165) is 22.3 Å². The third-order valence-corrected chi connectivity index (χ3v) is 5.73. The van der Waals surface area contributed by atoms with Crippen LogP contribution in [0.15, 0.2) is 48.5 Å². The fourth-order valence-electron chi connectivity index (χ4n) is 4.04. The number of ether oxygens (including phenoxy) is 1. The van der Waals surface area contributed by atoms with Crippen molar-refractivity contribution in [2.24, 2.45) is 0 Å². The monoisotopic (exact) mass is 408 g/mol. The van der Waals surface area contributed by atoms with Crippen molar-refractivity contribution in [1.29, 1.82) is 0 Å². The van der Waals surface area contributed by atoms with Crippen LogP contribution in [0.2, 0.25) is 0 Å². The van der Waals surface area contributed by atoms with E-state index in [1.807, 2.05) is 36.4 Å². The number of rotatable bonds is 7. The Morgan fingerprint density at radius 1 is 1.07 bits per heavy atom. The van der Waals surface area contributed by atoms with Crippen LogP contribution in [0.5, 0.6) is 0 Å². The number of alkyl carbamates (subject to hydrolysis) is 1. The fraction of sp³-hybridized carbons (Fsp3) is 0.348. The number of benzene rings is 2. The zero-order valence-electron chi connectivity index (χ0n) is 16.7. The van der Waals surface area contributed by atoms with Gasteiger partial charge in [0, 0.05) is 12.0 Å². The Hall–Kier alpha value is -3.35. The topological polar surface area (TPSA) is 105 Å². The second-order valence-corrected chi connectivity index (χ2v) is 8.01. The van der Waals surface area contributed by atoms with Gasteiger partial charge < -0.3 is 20.5 Å². The smallest absolute Gasteiger partial charge is 0.408 e. The van der Waals surface area contributed by atoms with E-state index >= 15 is 0 Å². The van der Waals surface area contributed by atoms with Crippen molar-refractivity contribution in [3.63, 3.8) is 0 Å².